The van der Waals surface area contributed by atoms with Crippen molar-refractivity contribution >= 4 is 11.8 Å². The Hall–Kier alpha value is -3.02. The summed E-state index contributed by atoms with van der Waals surface area (Å²) in [5.74, 6) is 0.295. The zero-order chi connectivity index (χ0) is 18.9. The van der Waals surface area contributed by atoms with Crippen molar-refractivity contribution < 1.29 is 19.1 Å². The molecule has 138 valence electrons. The number of rotatable bonds is 7. The van der Waals surface area contributed by atoms with Gasteiger partial charge in [0.25, 0.3) is 5.91 Å². The molecule has 0 heterocycles. The van der Waals surface area contributed by atoms with Crippen LogP contribution in [0.4, 0.5) is 0 Å². The Morgan fingerprint density at radius 2 is 1.46 bits per heavy atom. The fourth-order valence-electron chi connectivity index (χ4n) is 2.40. The largest absolute Gasteiger partial charge is 0.497 e. The summed E-state index contributed by atoms with van der Waals surface area (Å²) in [6.45, 7) is 2.10. The maximum atomic E-state index is 12.2. The molecule has 0 aliphatic heterocycles. The van der Waals surface area contributed by atoms with Gasteiger partial charge >= 0.3 is 0 Å². The van der Waals surface area contributed by atoms with Crippen molar-refractivity contribution in [3.05, 3.63) is 59.2 Å². The van der Waals surface area contributed by atoms with Crippen molar-refractivity contribution in [2.75, 3.05) is 14.2 Å². The summed E-state index contributed by atoms with van der Waals surface area (Å²) >= 11 is 0. The number of benzene rings is 2. The molecule has 2 aromatic carbocycles. The number of carbonyl (C=O) groups excluding carboxylic acids is 2. The minimum atomic E-state index is -0.442. The smallest absolute Gasteiger partial charge is 0.269 e. The summed E-state index contributed by atoms with van der Waals surface area (Å²) in [6, 6.07) is 13.0. The van der Waals surface area contributed by atoms with E-state index in [9.17, 15) is 9.59 Å². The lowest BCUT2D eigenvalue weighted by Crippen LogP contribution is -2.41. The van der Waals surface area contributed by atoms with Gasteiger partial charge in [0.15, 0.2) is 0 Å². The third kappa shape index (κ3) is 5.51. The van der Waals surface area contributed by atoms with Crippen LogP contribution in [0.5, 0.6) is 11.5 Å². The lowest BCUT2D eigenvalue weighted by Gasteiger charge is -2.10. The van der Waals surface area contributed by atoms with Crippen LogP contribution in [0.25, 0.3) is 0 Å². The maximum absolute atomic E-state index is 12.2. The highest BCUT2D eigenvalue weighted by atomic mass is 16.5. The van der Waals surface area contributed by atoms with Gasteiger partial charge in [-0.3, -0.25) is 20.4 Å². The lowest BCUT2D eigenvalue weighted by atomic mass is 10.1. The van der Waals surface area contributed by atoms with Crippen LogP contribution in [-0.4, -0.2) is 26.0 Å². The SMILES string of the molecule is CCc1ccc(CCC(=O)NNC(=O)c2cc(OC)cc(OC)c2)cc1. The molecule has 0 aromatic heterocycles. The first-order valence-electron chi connectivity index (χ1n) is 8.45. The van der Waals surface area contributed by atoms with Gasteiger partial charge in [0.05, 0.1) is 14.2 Å². The van der Waals surface area contributed by atoms with Crippen LogP contribution in [0.1, 0.15) is 34.8 Å². The molecular weight excluding hydrogens is 332 g/mol. The summed E-state index contributed by atoms with van der Waals surface area (Å²) in [4.78, 5) is 24.1. The van der Waals surface area contributed by atoms with Crippen molar-refractivity contribution in [1.29, 1.82) is 0 Å². The number of hydrogen-bond acceptors (Lipinski definition) is 4. The Morgan fingerprint density at radius 1 is 0.885 bits per heavy atom. The Labute approximate surface area is 153 Å². The highest BCUT2D eigenvalue weighted by molar-refractivity contribution is 5.96. The number of ether oxygens (including phenoxy) is 2. The molecule has 0 saturated heterocycles. The number of hydrazine groups is 1. The summed E-state index contributed by atoms with van der Waals surface area (Å²) in [5.41, 5.74) is 7.51. The molecule has 26 heavy (non-hydrogen) atoms. The average Bonchev–Trinajstić information content (AvgIpc) is 2.70. The first kappa shape index (κ1) is 19.3. The fraction of sp³-hybridized carbons (Fsp3) is 0.300. The molecule has 0 saturated carbocycles. The molecule has 6 heteroatoms. The van der Waals surface area contributed by atoms with Crippen LogP contribution in [0.3, 0.4) is 0 Å². The molecule has 0 unspecified atom stereocenters. The first-order chi connectivity index (χ1) is 12.5. The minimum Gasteiger partial charge on any atom is -0.497 e. The zero-order valence-corrected chi connectivity index (χ0v) is 15.3. The molecule has 0 radical (unpaired) electrons. The molecular formula is C20H24N2O4. The van der Waals surface area contributed by atoms with E-state index in [1.54, 1.807) is 18.2 Å². The third-order valence-corrected chi connectivity index (χ3v) is 4.00. The number of carbonyl (C=O) groups is 2. The van der Waals surface area contributed by atoms with E-state index >= 15 is 0 Å². The van der Waals surface area contributed by atoms with E-state index in [1.807, 2.05) is 12.1 Å². The highest BCUT2D eigenvalue weighted by Crippen LogP contribution is 2.22. The summed E-state index contributed by atoms with van der Waals surface area (Å²) in [7, 11) is 3.01. The minimum absolute atomic E-state index is 0.257. The molecule has 0 aliphatic carbocycles. The quantitative estimate of drug-likeness (QED) is 0.748. The third-order valence-electron chi connectivity index (χ3n) is 4.00. The van der Waals surface area contributed by atoms with Gasteiger partial charge in [-0.15, -0.1) is 0 Å². The van der Waals surface area contributed by atoms with E-state index in [1.165, 1.54) is 19.8 Å². The molecule has 0 spiro atoms. The summed E-state index contributed by atoms with van der Waals surface area (Å²) in [5, 5.41) is 0. The van der Waals surface area contributed by atoms with Crippen molar-refractivity contribution in [2.45, 2.75) is 26.2 Å². The Kier molecular flexibility index (Phi) is 7.02. The highest BCUT2D eigenvalue weighted by Gasteiger charge is 2.11. The summed E-state index contributed by atoms with van der Waals surface area (Å²) in [6.07, 6.45) is 1.88. The molecule has 2 rings (SSSR count). The molecule has 6 nitrogen and oxygen atoms in total. The van der Waals surface area contributed by atoms with Crippen LogP contribution >= 0.6 is 0 Å². The summed E-state index contributed by atoms with van der Waals surface area (Å²) < 4.78 is 10.3. The second-order valence-corrected chi connectivity index (χ2v) is 5.77. The standard InChI is InChI=1S/C20H24N2O4/c1-4-14-5-7-15(8-6-14)9-10-19(23)21-22-20(24)16-11-17(25-2)13-18(12-16)26-3/h5-8,11-13H,4,9-10H2,1-3H3,(H,21,23)(H,22,24). The van der Waals surface area contributed by atoms with Crippen LogP contribution in [0, 0.1) is 0 Å². The molecule has 0 fully saturated rings. The first-order valence-corrected chi connectivity index (χ1v) is 8.45. The Bertz CT molecular complexity index is 735. The van der Waals surface area contributed by atoms with Crippen LogP contribution < -0.4 is 20.3 Å². The van der Waals surface area contributed by atoms with Gasteiger partial charge < -0.3 is 9.47 Å². The van der Waals surface area contributed by atoms with Crippen molar-refractivity contribution in [3.8, 4) is 11.5 Å². The van der Waals surface area contributed by atoms with Crippen molar-refractivity contribution in [1.82, 2.24) is 10.9 Å². The van der Waals surface area contributed by atoms with Crippen molar-refractivity contribution in [3.63, 3.8) is 0 Å². The van der Waals surface area contributed by atoms with E-state index in [2.05, 4.69) is 29.9 Å². The number of nitrogens with one attached hydrogen (secondary N) is 2. The predicted molar refractivity (Wildman–Crippen MR) is 99.3 cm³/mol. The Balaban J connectivity index is 1.85. The van der Waals surface area contributed by atoms with Gasteiger partial charge in [-0.25, -0.2) is 0 Å². The monoisotopic (exact) mass is 356 g/mol. The van der Waals surface area contributed by atoms with E-state index < -0.39 is 5.91 Å². The second-order valence-electron chi connectivity index (χ2n) is 5.77. The van der Waals surface area contributed by atoms with Gasteiger partial charge in [-0.2, -0.15) is 0 Å². The Morgan fingerprint density at radius 3 is 2.00 bits per heavy atom. The van der Waals surface area contributed by atoms with Crippen molar-refractivity contribution in [2.24, 2.45) is 0 Å². The normalized spacial score (nSPS) is 10.1. The number of methoxy groups -OCH3 is 2. The van der Waals surface area contributed by atoms with Crippen LogP contribution in [0.2, 0.25) is 0 Å². The lowest BCUT2D eigenvalue weighted by molar-refractivity contribution is -0.121. The van der Waals surface area contributed by atoms with E-state index in [0.29, 0.717) is 23.5 Å². The average molecular weight is 356 g/mol. The second kappa shape index (κ2) is 9.46. The van der Waals surface area contributed by atoms with Gasteiger partial charge in [-0.1, -0.05) is 31.2 Å². The molecule has 2 amide bonds. The van der Waals surface area contributed by atoms with E-state index in [0.717, 1.165) is 12.0 Å². The van der Waals surface area contributed by atoms with Gasteiger partial charge in [0.2, 0.25) is 5.91 Å². The zero-order valence-electron chi connectivity index (χ0n) is 15.3. The molecule has 2 N–H and O–H groups in total. The van der Waals surface area contributed by atoms with Gasteiger partial charge in [0.1, 0.15) is 11.5 Å². The predicted octanol–water partition coefficient (Wildman–Crippen LogP) is 2.66. The van der Waals surface area contributed by atoms with Crippen LogP contribution in [0.15, 0.2) is 42.5 Å². The number of amides is 2. The van der Waals surface area contributed by atoms with Crippen LogP contribution in [-0.2, 0) is 17.6 Å². The van der Waals surface area contributed by atoms with Gasteiger partial charge in [0, 0.05) is 18.1 Å². The maximum Gasteiger partial charge on any atom is 0.269 e. The fourth-order valence-corrected chi connectivity index (χ4v) is 2.40. The van der Waals surface area contributed by atoms with Gasteiger partial charge in [-0.05, 0) is 36.1 Å². The van der Waals surface area contributed by atoms with E-state index in [4.69, 9.17) is 9.47 Å². The van der Waals surface area contributed by atoms with E-state index in [-0.39, 0.29) is 12.3 Å². The number of hydrogen-bond donors (Lipinski definition) is 2. The molecule has 2 aromatic rings. The topological polar surface area (TPSA) is 76.7 Å². The number of aryl methyl sites for hydroxylation is 2. The molecule has 0 atom stereocenters. The molecule has 0 bridgehead atoms. The molecule has 0 aliphatic rings.